The molecule has 0 fully saturated rings. The molecule has 2 rings (SSSR count). The van der Waals surface area contributed by atoms with Crippen LogP contribution >= 0.6 is 0 Å². The third-order valence-corrected chi connectivity index (χ3v) is 2.33. The Morgan fingerprint density at radius 3 is 2.57 bits per heavy atom. The summed E-state index contributed by atoms with van der Waals surface area (Å²) in [4.78, 5) is 0. The highest BCUT2D eigenvalue weighted by Gasteiger charge is 2.04. The number of nitrogens with zero attached hydrogens (tertiary/aromatic N) is 2. The summed E-state index contributed by atoms with van der Waals surface area (Å²) in [6.45, 7) is 2.59. The smallest absolute Gasteiger partial charge is 0.0722 e. The Balaban J connectivity index is 2.68. The zero-order chi connectivity index (χ0) is 9.97. The number of rotatable bonds is 2. The van der Waals surface area contributed by atoms with E-state index >= 15 is 0 Å². The molecule has 0 unspecified atom stereocenters. The van der Waals surface area contributed by atoms with Gasteiger partial charge in [-0.05, 0) is 13.5 Å². The molecule has 2 N–H and O–H groups in total. The maximum absolute atomic E-state index is 5.52. The molecule has 0 aliphatic carbocycles. The molecule has 0 radical (unpaired) electrons. The molecule has 0 aliphatic heterocycles. The first-order valence-corrected chi connectivity index (χ1v) is 4.74. The predicted molar refractivity (Wildman–Crippen MR) is 57.0 cm³/mol. The Labute approximate surface area is 83.0 Å². The molecule has 1 aromatic carbocycles. The Hall–Kier alpha value is -1.48. The van der Waals surface area contributed by atoms with E-state index in [2.05, 4.69) is 22.3 Å². The molecule has 0 saturated carbocycles. The largest absolute Gasteiger partial charge is 0.330 e. The molecule has 1 aromatic heterocycles. The lowest BCUT2D eigenvalue weighted by atomic mass is 10.1. The summed E-state index contributed by atoms with van der Waals surface area (Å²) in [6, 6.07) is 8.17. The standard InChI is InChI=1S/C11H13N3/c1-8-9-4-2-3-5-10(9)11(6-7-12)14-13-8/h2-5H,6-7,12H2,1H3. The summed E-state index contributed by atoms with van der Waals surface area (Å²) >= 11 is 0. The zero-order valence-corrected chi connectivity index (χ0v) is 8.20. The molecule has 0 spiro atoms. The van der Waals surface area contributed by atoms with E-state index in [4.69, 9.17) is 5.73 Å². The number of nitrogens with two attached hydrogens (primary N) is 1. The van der Waals surface area contributed by atoms with Gasteiger partial charge in [0.05, 0.1) is 11.4 Å². The fourth-order valence-electron chi connectivity index (χ4n) is 1.61. The van der Waals surface area contributed by atoms with Crippen LogP contribution in [-0.2, 0) is 6.42 Å². The van der Waals surface area contributed by atoms with Crippen molar-refractivity contribution in [3.63, 3.8) is 0 Å². The van der Waals surface area contributed by atoms with E-state index in [1.807, 2.05) is 19.1 Å². The second kappa shape index (κ2) is 3.72. The summed E-state index contributed by atoms with van der Waals surface area (Å²) in [5.74, 6) is 0. The minimum Gasteiger partial charge on any atom is -0.330 e. The number of fused-ring (bicyclic) bond motifs is 1. The SMILES string of the molecule is Cc1nnc(CCN)c2ccccc12. The molecular weight excluding hydrogens is 174 g/mol. The highest BCUT2D eigenvalue weighted by Crippen LogP contribution is 2.18. The van der Waals surface area contributed by atoms with Crippen LogP contribution in [0.3, 0.4) is 0 Å². The molecule has 14 heavy (non-hydrogen) atoms. The Morgan fingerprint density at radius 1 is 1.14 bits per heavy atom. The van der Waals surface area contributed by atoms with Gasteiger partial charge < -0.3 is 5.73 Å². The fourth-order valence-corrected chi connectivity index (χ4v) is 1.61. The number of aromatic nitrogens is 2. The average molecular weight is 187 g/mol. The maximum atomic E-state index is 5.52. The molecule has 3 heteroatoms. The maximum Gasteiger partial charge on any atom is 0.0722 e. The fraction of sp³-hybridized carbons (Fsp3) is 0.273. The minimum absolute atomic E-state index is 0.613. The molecule has 0 saturated heterocycles. The van der Waals surface area contributed by atoms with Crippen molar-refractivity contribution in [3.8, 4) is 0 Å². The van der Waals surface area contributed by atoms with Crippen molar-refractivity contribution in [1.82, 2.24) is 10.2 Å². The van der Waals surface area contributed by atoms with Crippen LogP contribution in [0.15, 0.2) is 24.3 Å². The number of aryl methyl sites for hydroxylation is 1. The predicted octanol–water partition coefficient (Wildman–Crippen LogP) is 1.44. The number of benzene rings is 1. The van der Waals surface area contributed by atoms with Gasteiger partial charge in [0.2, 0.25) is 0 Å². The van der Waals surface area contributed by atoms with Crippen LogP contribution in [0.25, 0.3) is 10.8 Å². The van der Waals surface area contributed by atoms with Gasteiger partial charge in [-0.15, -0.1) is 0 Å². The quantitative estimate of drug-likeness (QED) is 0.774. The third-order valence-electron chi connectivity index (χ3n) is 2.33. The van der Waals surface area contributed by atoms with Crippen LogP contribution in [0.2, 0.25) is 0 Å². The summed E-state index contributed by atoms with van der Waals surface area (Å²) in [5.41, 5.74) is 7.49. The Morgan fingerprint density at radius 2 is 1.86 bits per heavy atom. The number of hydrogen-bond donors (Lipinski definition) is 1. The van der Waals surface area contributed by atoms with Gasteiger partial charge in [-0.1, -0.05) is 24.3 Å². The van der Waals surface area contributed by atoms with Crippen molar-refractivity contribution in [2.45, 2.75) is 13.3 Å². The van der Waals surface area contributed by atoms with Gasteiger partial charge >= 0.3 is 0 Å². The van der Waals surface area contributed by atoms with Crippen molar-refractivity contribution >= 4 is 10.8 Å². The van der Waals surface area contributed by atoms with Gasteiger partial charge in [0.1, 0.15) is 0 Å². The third kappa shape index (κ3) is 1.46. The molecule has 0 bridgehead atoms. The second-order valence-corrected chi connectivity index (χ2v) is 3.32. The van der Waals surface area contributed by atoms with Crippen LogP contribution in [0.5, 0.6) is 0 Å². The van der Waals surface area contributed by atoms with Gasteiger partial charge in [0.25, 0.3) is 0 Å². The number of hydrogen-bond acceptors (Lipinski definition) is 3. The van der Waals surface area contributed by atoms with Gasteiger partial charge in [0, 0.05) is 17.2 Å². The summed E-state index contributed by atoms with van der Waals surface area (Å²) in [5, 5.41) is 10.6. The monoisotopic (exact) mass is 187 g/mol. The van der Waals surface area contributed by atoms with E-state index < -0.39 is 0 Å². The van der Waals surface area contributed by atoms with Crippen LogP contribution in [0, 0.1) is 6.92 Å². The Kier molecular flexibility index (Phi) is 2.41. The van der Waals surface area contributed by atoms with Crippen molar-refractivity contribution in [1.29, 1.82) is 0 Å². The average Bonchev–Trinajstić information content (AvgIpc) is 2.23. The normalized spacial score (nSPS) is 10.7. The first kappa shape index (κ1) is 9.09. The van der Waals surface area contributed by atoms with Crippen LogP contribution in [-0.4, -0.2) is 16.7 Å². The molecule has 0 atom stereocenters. The molecule has 1 heterocycles. The van der Waals surface area contributed by atoms with E-state index in [1.165, 1.54) is 10.8 Å². The lowest BCUT2D eigenvalue weighted by molar-refractivity contribution is 0.869. The van der Waals surface area contributed by atoms with Crippen LogP contribution in [0.4, 0.5) is 0 Å². The van der Waals surface area contributed by atoms with Crippen LogP contribution in [0.1, 0.15) is 11.4 Å². The highest BCUT2D eigenvalue weighted by molar-refractivity contribution is 5.86. The summed E-state index contributed by atoms with van der Waals surface area (Å²) in [7, 11) is 0. The molecule has 0 aliphatic rings. The zero-order valence-electron chi connectivity index (χ0n) is 8.20. The van der Waals surface area contributed by atoms with E-state index in [0.29, 0.717) is 6.54 Å². The van der Waals surface area contributed by atoms with Crippen molar-refractivity contribution in [2.24, 2.45) is 5.73 Å². The highest BCUT2D eigenvalue weighted by atomic mass is 15.1. The van der Waals surface area contributed by atoms with Crippen LogP contribution < -0.4 is 5.73 Å². The van der Waals surface area contributed by atoms with Crippen molar-refractivity contribution < 1.29 is 0 Å². The van der Waals surface area contributed by atoms with E-state index in [9.17, 15) is 0 Å². The van der Waals surface area contributed by atoms with E-state index in [-0.39, 0.29) is 0 Å². The van der Waals surface area contributed by atoms with Gasteiger partial charge in [-0.3, -0.25) is 0 Å². The van der Waals surface area contributed by atoms with E-state index in [1.54, 1.807) is 0 Å². The van der Waals surface area contributed by atoms with Gasteiger partial charge in [-0.25, -0.2) is 0 Å². The minimum atomic E-state index is 0.613. The lowest BCUT2D eigenvalue weighted by Gasteiger charge is -2.04. The lowest BCUT2D eigenvalue weighted by Crippen LogP contribution is -2.06. The molecule has 72 valence electrons. The van der Waals surface area contributed by atoms with Gasteiger partial charge in [-0.2, -0.15) is 10.2 Å². The second-order valence-electron chi connectivity index (χ2n) is 3.32. The first-order chi connectivity index (χ1) is 6.83. The molecule has 0 amide bonds. The van der Waals surface area contributed by atoms with Gasteiger partial charge in [0.15, 0.2) is 0 Å². The van der Waals surface area contributed by atoms with E-state index in [0.717, 1.165) is 17.8 Å². The molecule has 2 aromatic rings. The van der Waals surface area contributed by atoms with Crippen molar-refractivity contribution in [2.75, 3.05) is 6.54 Å². The summed E-state index contributed by atoms with van der Waals surface area (Å²) < 4.78 is 0. The first-order valence-electron chi connectivity index (χ1n) is 4.74. The molecular formula is C11H13N3. The Bertz CT molecular complexity index is 451. The summed E-state index contributed by atoms with van der Waals surface area (Å²) in [6.07, 6.45) is 0.786. The van der Waals surface area contributed by atoms with Crippen molar-refractivity contribution in [3.05, 3.63) is 35.7 Å². The topological polar surface area (TPSA) is 51.8 Å². The molecule has 3 nitrogen and oxygen atoms in total.